The van der Waals surface area contributed by atoms with Crippen molar-refractivity contribution in [2.45, 2.75) is 69.3 Å². The Morgan fingerprint density at radius 2 is 1.70 bits per heavy atom. The molecule has 0 heterocycles. The number of rotatable bonds is 7. The third kappa shape index (κ3) is 5.94. The van der Waals surface area contributed by atoms with Gasteiger partial charge in [-0.2, -0.15) is 0 Å². The molecule has 1 amide bonds. The first-order chi connectivity index (χ1) is 17.6. The van der Waals surface area contributed by atoms with Gasteiger partial charge >= 0.3 is 5.97 Å². The standard InChI is InChI=1S/C28H29BrCl2N2O4/c1-16(2)37-27(36)21(33-24-23(29)25(34)28(24)13-4-3-5-14-28)15-17-9-11-18(12-10-17)32-26(35)22-19(30)7-6-8-20(22)31/h6-12,16,21,23H,3-5,13-15H2,1-2H3,(H,32,35)/t21-,23?/m0/s1. The summed E-state index contributed by atoms with van der Waals surface area (Å²) in [7, 11) is 0. The number of carbonyl (C=O) groups excluding carboxylic acids is 3. The molecule has 6 nitrogen and oxygen atoms in total. The van der Waals surface area contributed by atoms with Crippen LogP contribution in [0.5, 0.6) is 0 Å². The van der Waals surface area contributed by atoms with E-state index in [-0.39, 0.29) is 27.5 Å². The van der Waals surface area contributed by atoms with Crippen LogP contribution in [0.15, 0.2) is 47.5 Å². The number of halogens is 3. The molecule has 1 N–H and O–H groups in total. The number of anilines is 1. The van der Waals surface area contributed by atoms with E-state index in [1.165, 1.54) is 0 Å². The fourth-order valence-electron chi connectivity index (χ4n) is 5.02. The Bertz CT molecular complexity index is 1200. The minimum atomic E-state index is -0.772. The summed E-state index contributed by atoms with van der Waals surface area (Å²) >= 11 is 15.8. The van der Waals surface area contributed by atoms with Gasteiger partial charge in [0.2, 0.25) is 0 Å². The topological polar surface area (TPSA) is 84.8 Å². The second-order valence-electron chi connectivity index (χ2n) is 9.84. The molecule has 2 aromatic rings. The Hall–Kier alpha value is -2.22. The van der Waals surface area contributed by atoms with Crippen molar-refractivity contribution < 1.29 is 19.1 Å². The molecule has 2 saturated carbocycles. The van der Waals surface area contributed by atoms with Crippen molar-refractivity contribution in [3.8, 4) is 0 Å². The highest BCUT2D eigenvalue weighted by atomic mass is 79.9. The average molecular weight is 608 g/mol. The number of nitrogens with zero attached hydrogens (tertiary/aromatic N) is 1. The van der Waals surface area contributed by atoms with Crippen molar-refractivity contribution in [3.05, 3.63) is 63.6 Å². The largest absolute Gasteiger partial charge is 0.461 e. The maximum Gasteiger partial charge on any atom is 0.331 e. The zero-order valence-corrected chi connectivity index (χ0v) is 23.8. The normalized spacial score (nSPS) is 20.5. The number of esters is 1. The van der Waals surface area contributed by atoms with E-state index in [1.54, 1.807) is 44.2 Å². The van der Waals surface area contributed by atoms with Gasteiger partial charge in [0.05, 0.1) is 27.1 Å². The summed E-state index contributed by atoms with van der Waals surface area (Å²) in [4.78, 5) is 42.9. The van der Waals surface area contributed by atoms with Crippen molar-refractivity contribution in [3.63, 3.8) is 0 Å². The molecular formula is C28H29BrCl2N2O4. The summed E-state index contributed by atoms with van der Waals surface area (Å²) in [6.45, 7) is 3.60. The lowest BCUT2D eigenvalue weighted by molar-refractivity contribution is -0.149. The number of ketones is 1. The Balaban J connectivity index is 1.53. The number of amides is 1. The summed E-state index contributed by atoms with van der Waals surface area (Å²) in [6, 6.07) is 11.3. The van der Waals surface area contributed by atoms with Gasteiger partial charge in [0, 0.05) is 17.8 Å². The van der Waals surface area contributed by atoms with Crippen LogP contribution < -0.4 is 5.32 Å². The quantitative estimate of drug-likeness (QED) is 0.276. The maximum absolute atomic E-state index is 13.0. The molecule has 0 aromatic heterocycles. The van der Waals surface area contributed by atoms with Crippen LogP contribution >= 0.6 is 39.1 Å². The molecule has 0 radical (unpaired) electrons. The van der Waals surface area contributed by atoms with Crippen LogP contribution in [0, 0.1) is 5.41 Å². The van der Waals surface area contributed by atoms with E-state index >= 15 is 0 Å². The third-order valence-corrected chi connectivity index (χ3v) is 8.37. The second kappa shape index (κ2) is 11.7. The number of hydrogen-bond donors (Lipinski definition) is 1. The molecule has 0 bridgehead atoms. The molecule has 196 valence electrons. The van der Waals surface area contributed by atoms with Gasteiger partial charge in [-0.3, -0.25) is 14.6 Å². The van der Waals surface area contributed by atoms with Crippen LogP contribution in [-0.4, -0.2) is 40.3 Å². The lowest BCUT2D eigenvalue weighted by Crippen LogP contribution is -2.61. The Morgan fingerprint density at radius 1 is 1.08 bits per heavy atom. The van der Waals surface area contributed by atoms with Crippen molar-refractivity contribution in [1.29, 1.82) is 0 Å². The molecule has 4 rings (SSSR count). The molecule has 9 heteroatoms. The lowest BCUT2D eigenvalue weighted by atomic mass is 9.58. The van der Waals surface area contributed by atoms with Crippen LogP contribution in [0.25, 0.3) is 0 Å². The van der Waals surface area contributed by atoms with Gasteiger partial charge in [-0.25, -0.2) is 4.79 Å². The van der Waals surface area contributed by atoms with E-state index in [2.05, 4.69) is 21.2 Å². The lowest BCUT2D eigenvalue weighted by Gasteiger charge is -2.48. The molecule has 1 unspecified atom stereocenters. The van der Waals surface area contributed by atoms with Crippen LogP contribution in [0.2, 0.25) is 10.0 Å². The van der Waals surface area contributed by atoms with Crippen molar-refractivity contribution in [1.82, 2.24) is 0 Å². The van der Waals surface area contributed by atoms with Crippen molar-refractivity contribution in [2.75, 3.05) is 5.32 Å². The van der Waals surface area contributed by atoms with Gasteiger partial charge in [0.1, 0.15) is 4.83 Å². The van der Waals surface area contributed by atoms with Crippen molar-refractivity contribution in [2.24, 2.45) is 10.4 Å². The molecular weight excluding hydrogens is 579 g/mol. The van der Waals surface area contributed by atoms with Crippen LogP contribution in [0.3, 0.4) is 0 Å². The number of nitrogens with one attached hydrogen (secondary N) is 1. The van der Waals surface area contributed by atoms with Crippen LogP contribution in [-0.2, 0) is 20.7 Å². The van der Waals surface area contributed by atoms with Crippen molar-refractivity contribution >= 4 is 68.2 Å². The first-order valence-corrected chi connectivity index (χ1v) is 14.1. The van der Waals surface area contributed by atoms with Crippen LogP contribution in [0.4, 0.5) is 5.69 Å². The minimum absolute atomic E-state index is 0.167. The number of ether oxygens (including phenoxy) is 1. The molecule has 1 spiro atoms. The van der Waals surface area contributed by atoms with Gasteiger partial charge in [-0.15, -0.1) is 0 Å². The fraction of sp³-hybridized carbons (Fsp3) is 0.429. The minimum Gasteiger partial charge on any atom is -0.461 e. The maximum atomic E-state index is 13.0. The first kappa shape index (κ1) is 27.8. The van der Waals surface area contributed by atoms with Gasteiger partial charge < -0.3 is 10.1 Å². The number of aliphatic imine (C=N–C) groups is 1. The molecule has 0 saturated heterocycles. The zero-order valence-electron chi connectivity index (χ0n) is 20.7. The predicted molar refractivity (Wildman–Crippen MR) is 150 cm³/mol. The van der Waals surface area contributed by atoms with E-state index in [1.807, 2.05) is 12.1 Å². The zero-order chi connectivity index (χ0) is 26.7. The summed E-state index contributed by atoms with van der Waals surface area (Å²) in [5.41, 5.74) is 1.83. The molecule has 2 aliphatic rings. The predicted octanol–water partition coefficient (Wildman–Crippen LogP) is 6.85. The Labute approximate surface area is 235 Å². The SMILES string of the molecule is CC(C)OC(=O)[C@H](Cc1ccc(NC(=O)c2c(Cl)cccc2Cl)cc1)N=C1C(Br)C(=O)C12CCCCC2. The number of alkyl halides is 1. The smallest absolute Gasteiger partial charge is 0.331 e. The third-order valence-electron chi connectivity index (χ3n) is 6.89. The van der Waals surface area contributed by atoms with Gasteiger partial charge in [0.25, 0.3) is 5.91 Å². The first-order valence-electron chi connectivity index (χ1n) is 12.4. The van der Waals surface area contributed by atoms with Gasteiger partial charge in [-0.1, -0.05) is 76.6 Å². The van der Waals surface area contributed by atoms with Gasteiger partial charge in [-0.05, 0) is 56.5 Å². The molecule has 2 atom stereocenters. The highest BCUT2D eigenvalue weighted by Gasteiger charge is 2.58. The number of Topliss-reactive ketones (excluding diaryl/α,β-unsaturated/α-hetero) is 1. The number of benzene rings is 2. The molecule has 2 fully saturated rings. The fourth-order valence-corrected chi connectivity index (χ4v) is 6.58. The Morgan fingerprint density at radius 3 is 2.30 bits per heavy atom. The number of carbonyl (C=O) groups is 3. The van der Waals surface area contributed by atoms with E-state index in [0.717, 1.165) is 43.4 Å². The summed E-state index contributed by atoms with van der Waals surface area (Å²) in [5.74, 6) is -0.664. The number of hydrogen-bond acceptors (Lipinski definition) is 5. The molecule has 2 aromatic carbocycles. The summed E-state index contributed by atoms with van der Waals surface area (Å²) < 4.78 is 5.51. The highest BCUT2D eigenvalue weighted by molar-refractivity contribution is 9.10. The average Bonchev–Trinajstić information content (AvgIpc) is 2.87. The highest BCUT2D eigenvalue weighted by Crippen LogP contribution is 2.49. The van der Waals surface area contributed by atoms with Gasteiger partial charge in [0.15, 0.2) is 11.8 Å². The van der Waals surface area contributed by atoms with E-state index in [9.17, 15) is 14.4 Å². The van der Waals surface area contributed by atoms with Crippen LogP contribution in [0.1, 0.15) is 61.9 Å². The monoisotopic (exact) mass is 606 g/mol. The van der Waals surface area contributed by atoms with E-state index < -0.39 is 28.2 Å². The molecule has 37 heavy (non-hydrogen) atoms. The van der Waals surface area contributed by atoms with E-state index in [0.29, 0.717) is 12.1 Å². The summed E-state index contributed by atoms with van der Waals surface area (Å²) in [6.07, 6.45) is 4.67. The molecule has 0 aliphatic heterocycles. The van der Waals surface area contributed by atoms with E-state index in [4.69, 9.17) is 32.9 Å². The summed E-state index contributed by atoms with van der Waals surface area (Å²) in [5, 5.41) is 3.33. The Kier molecular flexibility index (Phi) is 8.77. The molecule has 2 aliphatic carbocycles. The second-order valence-corrected chi connectivity index (χ2v) is 11.6.